The molecule has 0 fully saturated rings. The van der Waals surface area contributed by atoms with Crippen molar-refractivity contribution in [3.63, 3.8) is 0 Å². The summed E-state index contributed by atoms with van der Waals surface area (Å²) in [7, 11) is 0. The van der Waals surface area contributed by atoms with Crippen molar-refractivity contribution in [1.82, 2.24) is 0 Å². The number of hydrogen-bond acceptors (Lipinski definition) is 0. The normalized spacial score (nSPS) is 30.6. The van der Waals surface area contributed by atoms with E-state index >= 15 is 0 Å². The van der Waals surface area contributed by atoms with E-state index in [0.29, 0.717) is 0 Å². The molecule has 1 atom stereocenters. The topological polar surface area (TPSA) is 0 Å². The molecule has 0 nitrogen and oxygen atoms in total. The minimum atomic E-state index is 0.271. The van der Waals surface area contributed by atoms with E-state index in [9.17, 15) is 0 Å². The summed E-state index contributed by atoms with van der Waals surface area (Å²) < 4.78 is 0. The smallest absolute Gasteiger partial charge is 0.0419 e. The minimum absolute atomic E-state index is 0.271. The highest BCUT2D eigenvalue weighted by atomic mass is 35.5. The highest BCUT2D eigenvalue weighted by Crippen LogP contribution is 2.25. The second-order valence-corrected chi connectivity index (χ2v) is 2.79. The summed E-state index contributed by atoms with van der Waals surface area (Å²) in [6, 6.07) is 0. The van der Waals surface area contributed by atoms with Gasteiger partial charge in [-0.15, -0.1) is 11.6 Å². The van der Waals surface area contributed by atoms with Gasteiger partial charge in [-0.05, 0) is 12.8 Å². The molecule has 40 valence electrons. The molecule has 0 aromatic heterocycles. The Morgan fingerprint density at radius 1 is 1.71 bits per heavy atom. The Hall–Kier alpha value is 0.320. The average Bonchev–Trinajstić information content (AvgIpc) is 1.87. The van der Waals surface area contributed by atoms with Crippen LogP contribution in [0.25, 0.3) is 0 Å². The van der Waals surface area contributed by atoms with Crippen molar-refractivity contribution in [3.05, 3.63) is 11.1 Å². The summed E-state index contributed by atoms with van der Waals surface area (Å²) in [5.74, 6) is 0. The van der Waals surface area contributed by atoms with Crippen LogP contribution in [0.2, 0.25) is 0 Å². The molecule has 0 bridgehead atoms. The fourth-order valence-corrected chi connectivity index (χ4v) is 1.24. The highest BCUT2D eigenvalue weighted by Gasteiger charge is 2.10. The molecule has 0 spiro atoms. The Labute approximate surface area is 53.1 Å². The van der Waals surface area contributed by atoms with Crippen molar-refractivity contribution >= 4 is 23.2 Å². The monoisotopic (exact) mass is 136 g/mol. The zero-order valence-electron chi connectivity index (χ0n) is 3.82. The zero-order valence-corrected chi connectivity index (χ0v) is 5.34. The van der Waals surface area contributed by atoms with Gasteiger partial charge in [-0.1, -0.05) is 17.7 Å². The molecule has 1 aliphatic carbocycles. The van der Waals surface area contributed by atoms with Gasteiger partial charge in [-0.2, -0.15) is 0 Å². The lowest BCUT2D eigenvalue weighted by Gasteiger charge is -1.91. The van der Waals surface area contributed by atoms with Gasteiger partial charge in [0.05, 0.1) is 0 Å². The molecular weight excluding hydrogens is 131 g/mol. The molecule has 0 saturated carbocycles. The Morgan fingerprint density at radius 3 is 2.57 bits per heavy atom. The summed E-state index contributed by atoms with van der Waals surface area (Å²) in [4.78, 5) is 0. The van der Waals surface area contributed by atoms with Crippen LogP contribution in [0.5, 0.6) is 0 Å². The Morgan fingerprint density at radius 2 is 2.43 bits per heavy atom. The number of alkyl halides is 1. The van der Waals surface area contributed by atoms with E-state index in [2.05, 4.69) is 0 Å². The largest absolute Gasteiger partial charge is 0.122 e. The lowest BCUT2D eigenvalue weighted by molar-refractivity contribution is 0.934. The first-order valence-corrected chi connectivity index (χ1v) is 3.09. The van der Waals surface area contributed by atoms with Crippen molar-refractivity contribution in [2.75, 3.05) is 0 Å². The third kappa shape index (κ3) is 1.36. The van der Waals surface area contributed by atoms with Crippen molar-refractivity contribution in [3.8, 4) is 0 Å². The standard InChI is InChI=1S/C5H6Cl2/c6-4-1-2-5(7)3-4/h1,5H,2-3H2. The van der Waals surface area contributed by atoms with Gasteiger partial charge < -0.3 is 0 Å². The quantitative estimate of drug-likeness (QED) is 0.450. The number of hydrogen-bond donors (Lipinski definition) is 0. The van der Waals surface area contributed by atoms with E-state index in [1.807, 2.05) is 6.08 Å². The predicted octanol–water partition coefficient (Wildman–Crippen LogP) is 2.51. The van der Waals surface area contributed by atoms with Crippen LogP contribution in [0.15, 0.2) is 11.1 Å². The lowest BCUT2D eigenvalue weighted by atomic mass is 10.4. The summed E-state index contributed by atoms with van der Waals surface area (Å²) in [5.41, 5.74) is 0. The molecule has 0 amide bonds. The van der Waals surface area contributed by atoms with Crippen LogP contribution in [-0.4, -0.2) is 5.38 Å². The van der Waals surface area contributed by atoms with E-state index in [0.717, 1.165) is 17.9 Å². The van der Waals surface area contributed by atoms with Crippen molar-refractivity contribution in [1.29, 1.82) is 0 Å². The van der Waals surface area contributed by atoms with Crippen LogP contribution in [0.3, 0.4) is 0 Å². The van der Waals surface area contributed by atoms with Crippen molar-refractivity contribution in [2.45, 2.75) is 18.2 Å². The zero-order chi connectivity index (χ0) is 5.28. The molecular formula is C5H6Cl2. The van der Waals surface area contributed by atoms with Gasteiger partial charge >= 0.3 is 0 Å². The molecule has 7 heavy (non-hydrogen) atoms. The van der Waals surface area contributed by atoms with Crippen molar-refractivity contribution < 1.29 is 0 Å². The number of allylic oxidation sites excluding steroid dienone is 2. The molecule has 0 saturated heterocycles. The van der Waals surface area contributed by atoms with Crippen LogP contribution in [0, 0.1) is 0 Å². The summed E-state index contributed by atoms with van der Waals surface area (Å²) in [6.07, 6.45) is 3.78. The first-order chi connectivity index (χ1) is 3.29. The van der Waals surface area contributed by atoms with E-state index in [1.54, 1.807) is 0 Å². The second kappa shape index (κ2) is 2.06. The molecule has 0 heterocycles. The third-order valence-electron chi connectivity index (χ3n) is 1.01. The van der Waals surface area contributed by atoms with Crippen LogP contribution in [0.4, 0.5) is 0 Å². The molecule has 0 N–H and O–H groups in total. The van der Waals surface area contributed by atoms with E-state index in [1.165, 1.54) is 0 Å². The molecule has 1 rings (SSSR count). The number of halogens is 2. The minimum Gasteiger partial charge on any atom is -0.122 e. The molecule has 1 aliphatic rings. The predicted molar refractivity (Wildman–Crippen MR) is 32.8 cm³/mol. The Kier molecular flexibility index (Phi) is 1.61. The van der Waals surface area contributed by atoms with Gasteiger partial charge in [0.2, 0.25) is 0 Å². The fourth-order valence-electron chi connectivity index (χ4n) is 0.634. The molecule has 2 heteroatoms. The Bertz CT molecular complexity index is 96.3. The van der Waals surface area contributed by atoms with Gasteiger partial charge in [0.15, 0.2) is 0 Å². The van der Waals surface area contributed by atoms with Crippen LogP contribution in [0.1, 0.15) is 12.8 Å². The first-order valence-electron chi connectivity index (χ1n) is 2.27. The van der Waals surface area contributed by atoms with Crippen LogP contribution < -0.4 is 0 Å². The summed E-state index contributed by atoms with van der Waals surface area (Å²) in [5, 5.41) is 1.19. The van der Waals surface area contributed by atoms with E-state index in [-0.39, 0.29) is 5.38 Å². The van der Waals surface area contributed by atoms with Crippen LogP contribution >= 0.6 is 23.2 Å². The molecule has 0 aromatic rings. The fraction of sp³-hybridized carbons (Fsp3) is 0.600. The van der Waals surface area contributed by atoms with Gasteiger partial charge in [0, 0.05) is 10.4 Å². The third-order valence-corrected chi connectivity index (χ3v) is 1.65. The van der Waals surface area contributed by atoms with Crippen LogP contribution in [-0.2, 0) is 0 Å². The number of rotatable bonds is 0. The molecule has 0 aromatic carbocycles. The average molecular weight is 137 g/mol. The Balaban J connectivity index is 2.42. The maximum atomic E-state index is 5.67. The maximum absolute atomic E-state index is 5.67. The highest BCUT2D eigenvalue weighted by molar-refractivity contribution is 6.31. The van der Waals surface area contributed by atoms with Crippen molar-refractivity contribution in [2.24, 2.45) is 0 Å². The van der Waals surface area contributed by atoms with E-state index in [4.69, 9.17) is 23.2 Å². The van der Waals surface area contributed by atoms with E-state index < -0.39 is 0 Å². The molecule has 1 unspecified atom stereocenters. The van der Waals surface area contributed by atoms with Gasteiger partial charge in [-0.3, -0.25) is 0 Å². The summed E-state index contributed by atoms with van der Waals surface area (Å²) in [6.45, 7) is 0. The molecule has 0 aliphatic heterocycles. The first kappa shape index (κ1) is 5.46. The lowest BCUT2D eigenvalue weighted by Crippen LogP contribution is -1.85. The van der Waals surface area contributed by atoms with Gasteiger partial charge in [0.1, 0.15) is 0 Å². The SMILES string of the molecule is ClC1=CCC(Cl)C1. The second-order valence-electron chi connectivity index (χ2n) is 1.69. The molecule has 0 radical (unpaired) electrons. The van der Waals surface area contributed by atoms with Gasteiger partial charge in [-0.25, -0.2) is 0 Å². The maximum Gasteiger partial charge on any atom is 0.0419 e. The van der Waals surface area contributed by atoms with Gasteiger partial charge in [0.25, 0.3) is 0 Å². The summed E-state index contributed by atoms with van der Waals surface area (Å²) >= 11 is 11.3.